The molecule has 0 aliphatic heterocycles. The lowest BCUT2D eigenvalue weighted by molar-refractivity contribution is -0.134. The molecule has 0 aromatic heterocycles. The number of hydrogen-bond acceptors (Lipinski definition) is 3. The second kappa shape index (κ2) is 12.7. The summed E-state index contributed by atoms with van der Waals surface area (Å²) >= 11 is 0. The lowest BCUT2D eigenvalue weighted by atomic mass is 9.55. The highest BCUT2D eigenvalue weighted by Crippen LogP contribution is 2.53. The topological polar surface area (TPSA) is 46.5 Å². The molecule has 3 heteroatoms. The molecule has 2 aliphatic carbocycles. The van der Waals surface area contributed by atoms with Gasteiger partial charge in [-0.1, -0.05) is 69.6 Å². The molecule has 2 aliphatic rings. The van der Waals surface area contributed by atoms with Crippen LogP contribution in [0.25, 0.3) is 0 Å². The van der Waals surface area contributed by atoms with Gasteiger partial charge in [0.2, 0.25) is 0 Å². The van der Waals surface area contributed by atoms with Crippen LogP contribution in [0.15, 0.2) is 47.6 Å². The Hall–Kier alpha value is -1.61. The Morgan fingerprint density at radius 3 is 2.64 bits per heavy atom. The van der Waals surface area contributed by atoms with Gasteiger partial charge >= 0.3 is 0 Å². The third-order valence-electron chi connectivity index (χ3n) is 8.55. The van der Waals surface area contributed by atoms with Crippen LogP contribution in [0.2, 0.25) is 0 Å². The zero-order valence-corrected chi connectivity index (χ0v) is 21.9. The van der Waals surface area contributed by atoms with Gasteiger partial charge in [-0.25, -0.2) is 0 Å². The molecule has 186 valence electrons. The first-order chi connectivity index (χ1) is 15.6. The fraction of sp³-hybridized carbons (Fsp3) is 0.700. The van der Waals surface area contributed by atoms with Crippen LogP contribution >= 0.6 is 0 Å². The van der Waals surface area contributed by atoms with Gasteiger partial charge in [0.05, 0.1) is 6.10 Å². The second-order valence-electron chi connectivity index (χ2n) is 11.1. The van der Waals surface area contributed by atoms with Crippen LogP contribution in [0.4, 0.5) is 0 Å². The van der Waals surface area contributed by atoms with E-state index in [1.807, 2.05) is 6.92 Å². The molecular formula is C30H48O3. The van der Waals surface area contributed by atoms with Gasteiger partial charge in [-0.15, -0.1) is 6.58 Å². The maximum absolute atomic E-state index is 11.1. The predicted octanol–water partition coefficient (Wildman–Crippen LogP) is 7.72. The lowest BCUT2D eigenvalue weighted by Crippen LogP contribution is -2.41. The van der Waals surface area contributed by atoms with Gasteiger partial charge < -0.3 is 9.84 Å². The van der Waals surface area contributed by atoms with Crippen LogP contribution < -0.4 is 0 Å². The summed E-state index contributed by atoms with van der Waals surface area (Å²) in [7, 11) is 0. The minimum absolute atomic E-state index is 0.0796. The van der Waals surface area contributed by atoms with Crippen LogP contribution in [0.1, 0.15) is 98.8 Å². The summed E-state index contributed by atoms with van der Waals surface area (Å²) in [5, 5.41) is 10.2. The molecule has 1 N–H and O–H groups in total. The number of hydrogen-bond donors (Lipinski definition) is 1. The Morgan fingerprint density at radius 2 is 2.03 bits per heavy atom. The van der Waals surface area contributed by atoms with Crippen molar-refractivity contribution < 1.29 is 14.6 Å². The van der Waals surface area contributed by atoms with Gasteiger partial charge in [0.1, 0.15) is 6.10 Å². The van der Waals surface area contributed by atoms with E-state index in [0.717, 1.165) is 49.7 Å². The molecule has 2 fully saturated rings. The number of aliphatic hydroxyl groups excluding tert-OH is 1. The maximum Gasteiger partial charge on any atom is 0.293 e. The SMILES string of the molecule is C=C(C)C[C@H](C[C@@H](C)C(CCC)[C@@]1(C)CCC/C(=C\C=C2\CCC(=C)[C@H](O)C2)C1C)OC=O. The van der Waals surface area contributed by atoms with Gasteiger partial charge in [0.15, 0.2) is 0 Å². The highest BCUT2D eigenvalue weighted by Gasteiger charge is 2.44. The molecule has 0 heterocycles. The van der Waals surface area contributed by atoms with Gasteiger partial charge in [-0.2, -0.15) is 0 Å². The number of aliphatic hydroxyl groups is 1. The Balaban J connectivity index is 2.21. The number of carbonyl (C=O) groups is 1. The average molecular weight is 457 g/mol. The van der Waals surface area contributed by atoms with Gasteiger partial charge in [0.25, 0.3) is 6.47 Å². The molecule has 3 nitrogen and oxygen atoms in total. The van der Waals surface area contributed by atoms with Crippen molar-refractivity contribution in [1.29, 1.82) is 0 Å². The molecule has 0 bridgehead atoms. The van der Waals surface area contributed by atoms with Crippen LogP contribution in [0.5, 0.6) is 0 Å². The van der Waals surface area contributed by atoms with Crippen LogP contribution in [0.3, 0.4) is 0 Å². The highest BCUT2D eigenvalue weighted by atomic mass is 16.5. The smallest absolute Gasteiger partial charge is 0.293 e. The Kier molecular flexibility index (Phi) is 10.7. The summed E-state index contributed by atoms with van der Waals surface area (Å²) in [4.78, 5) is 11.1. The zero-order valence-electron chi connectivity index (χ0n) is 21.9. The minimum Gasteiger partial charge on any atom is -0.464 e. The molecule has 2 rings (SSSR count). The largest absolute Gasteiger partial charge is 0.464 e. The van der Waals surface area contributed by atoms with Crippen molar-refractivity contribution in [2.24, 2.45) is 23.2 Å². The Morgan fingerprint density at radius 1 is 1.30 bits per heavy atom. The number of allylic oxidation sites excluding steroid dienone is 3. The quantitative estimate of drug-likeness (QED) is 0.256. The molecule has 0 saturated heterocycles. The van der Waals surface area contributed by atoms with Gasteiger partial charge in [0, 0.05) is 6.42 Å². The van der Waals surface area contributed by atoms with E-state index in [9.17, 15) is 9.90 Å². The number of ether oxygens (including phenoxy) is 1. The molecule has 0 aromatic rings. The van der Waals surface area contributed by atoms with E-state index in [0.29, 0.717) is 24.2 Å². The average Bonchev–Trinajstić information content (AvgIpc) is 2.75. The fourth-order valence-electron chi connectivity index (χ4n) is 6.43. The molecule has 0 amide bonds. The van der Waals surface area contributed by atoms with E-state index in [4.69, 9.17) is 4.74 Å². The molecule has 6 atom stereocenters. The summed E-state index contributed by atoms with van der Waals surface area (Å²) < 4.78 is 5.45. The van der Waals surface area contributed by atoms with E-state index in [1.165, 1.54) is 31.3 Å². The third kappa shape index (κ3) is 7.44. The third-order valence-corrected chi connectivity index (χ3v) is 8.55. The van der Waals surface area contributed by atoms with E-state index in [2.05, 4.69) is 53.0 Å². The summed E-state index contributed by atoms with van der Waals surface area (Å²) in [5.74, 6) is 1.56. The molecular weight excluding hydrogens is 408 g/mol. The van der Waals surface area contributed by atoms with Crippen molar-refractivity contribution in [2.45, 2.75) is 111 Å². The predicted molar refractivity (Wildman–Crippen MR) is 139 cm³/mol. The van der Waals surface area contributed by atoms with Gasteiger partial charge in [-0.05, 0) is 87.0 Å². The molecule has 33 heavy (non-hydrogen) atoms. The summed E-state index contributed by atoms with van der Waals surface area (Å²) in [5.41, 5.74) is 5.15. The van der Waals surface area contributed by atoms with Crippen LogP contribution in [0, 0.1) is 23.2 Å². The first-order valence-electron chi connectivity index (χ1n) is 13.1. The van der Waals surface area contributed by atoms with E-state index in [1.54, 1.807) is 5.57 Å². The Labute approximate surface area is 203 Å². The molecule has 2 saturated carbocycles. The van der Waals surface area contributed by atoms with Crippen molar-refractivity contribution in [3.63, 3.8) is 0 Å². The summed E-state index contributed by atoms with van der Waals surface area (Å²) in [6.45, 7) is 20.2. The van der Waals surface area contributed by atoms with Crippen molar-refractivity contribution >= 4 is 6.47 Å². The van der Waals surface area contributed by atoms with Crippen molar-refractivity contribution in [3.05, 3.63) is 47.6 Å². The van der Waals surface area contributed by atoms with E-state index < -0.39 is 0 Å². The normalized spacial score (nSPS) is 31.3. The second-order valence-corrected chi connectivity index (χ2v) is 11.1. The van der Waals surface area contributed by atoms with Crippen LogP contribution in [-0.4, -0.2) is 23.8 Å². The summed E-state index contributed by atoms with van der Waals surface area (Å²) in [6.07, 6.45) is 14.5. The maximum atomic E-state index is 11.1. The van der Waals surface area contributed by atoms with Crippen LogP contribution in [-0.2, 0) is 9.53 Å². The first kappa shape index (κ1) is 27.6. The monoisotopic (exact) mass is 456 g/mol. The lowest BCUT2D eigenvalue weighted by Gasteiger charge is -2.49. The zero-order chi connectivity index (χ0) is 24.6. The van der Waals surface area contributed by atoms with Crippen molar-refractivity contribution in [2.75, 3.05) is 0 Å². The molecule has 2 unspecified atom stereocenters. The standard InChI is InChI=1S/C30H48O3/c1-8-10-28(23(5)18-27(33-20-31)17-21(2)3)30(7)16-9-11-26(24(30)6)15-14-25-13-12-22(4)29(32)19-25/h14-15,20,23-24,27-29,32H,2,4,8-13,16-19H2,1,3,5-7H3/b25-14-,26-15+/t23-,24?,27-,28?,29-,30+/m1/s1. The molecule has 0 aromatic carbocycles. The van der Waals surface area contributed by atoms with Crippen molar-refractivity contribution in [3.8, 4) is 0 Å². The summed E-state index contributed by atoms with van der Waals surface area (Å²) in [6, 6.07) is 0. The molecule has 0 spiro atoms. The first-order valence-corrected chi connectivity index (χ1v) is 13.1. The van der Waals surface area contributed by atoms with E-state index >= 15 is 0 Å². The molecule has 0 radical (unpaired) electrons. The Bertz CT molecular complexity index is 746. The number of rotatable bonds is 11. The number of carbonyl (C=O) groups excluding carboxylic acids is 1. The minimum atomic E-state index is -0.382. The van der Waals surface area contributed by atoms with Crippen molar-refractivity contribution in [1.82, 2.24) is 0 Å². The van der Waals surface area contributed by atoms with E-state index in [-0.39, 0.29) is 17.6 Å². The highest BCUT2D eigenvalue weighted by molar-refractivity contribution is 5.37. The fourth-order valence-corrected chi connectivity index (χ4v) is 6.43. The van der Waals surface area contributed by atoms with Gasteiger partial charge in [-0.3, -0.25) is 4.79 Å².